The van der Waals surface area contributed by atoms with E-state index in [9.17, 15) is 0 Å². The van der Waals surface area contributed by atoms with E-state index in [1.807, 2.05) is 11.6 Å². The largest absolute Gasteiger partial charge is 0.472 e. The first-order valence-corrected chi connectivity index (χ1v) is 5.99. The number of hydrogen-bond acceptors (Lipinski definition) is 4. The van der Waals surface area contributed by atoms with Crippen molar-refractivity contribution in [1.29, 1.82) is 0 Å². The maximum Gasteiger partial charge on any atom is 0.0954 e. The number of nitrogens with zero attached hydrogens (tertiary/aromatic N) is 1. The quantitative estimate of drug-likeness (QED) is 0.845. The van der Waals surface area contributed by atoms with Crippen LogP contribution in [0.15, 0.2) is 33.9 Å². The van der Waals surface area contributed by atoms with Crippen molar-refractivity contribution in [2.24, 2.45) is 0 Å². The maximum absolute atomic E-state index is 5.11. The third-order valence-electron chi connectivity index (χ3n) is 2.22. The van der Waals surface area contributed by atoms with E-state index in [4.69, 9.17) is 4.42 Å². The predicted octanol–water partition coefficient (Wildman–Crippen LogP) is 2.83. The first-order chi connectivity index (χ1) is 7.42. The van der Waals surface area contributed by atoms with Gasteiger partial charge >= 0.3 is 0 Å². The van der Waals surface area contributed by atoms with Gasteiger partial charge in [0.25, 0.3) is 0 Å². The molecule has 0 saturated heterocycles. The van der Waals surface area contributed by atoms with E-state index in [0.29, 0.717) is 0 Å². The average molecular weight is 222 g/mol. The third kappa shape index (κ3) is 2.46. The van der Waals surface area contributed by atoms with Gasteiger partial charge in [-0.2, -0.15) is 0 Å². The first kappa shape index (κ1) is 10.4. The molecule has 1 atom stereocenters. The summed E-state index contributed by atoms with van der Waals surface area (Å²) >= 11 is 1.62. The zero-order valence-corrected chi connectivity index (χ0v) is 9.46. The molecule has 1 unspecified atom stereocenters. The van der Waals surface area contributed by atoms with Gasteiger partial charge in [0, 0.05) is 10.9 Å². The van der Waals surface area contributed by atoms with Gasteiger partial charge in [-0.1, -0.05) is 6.92 Å². The van der Waals surface area contributed by atoms with Crippen LogP contribution >= 0.6 is 11.3 Å². The Kier molecular flexibility index (Phi) is 3.53. The lowest BCUT2D eigenvalue weighted by Gasteiger charge is -2.14. The standard InChI is InChI=1S/C11H14N2OS/c1-2-4-12-11(9-3-5-14-6-9)10-7-15-8-13-10/h3,5-8,11-12H,2,4H2,1H3. The van der Waals surface area contributed by atoms with Gasteiger partial charge in [-0.3, -0.25) is 0 Å². The monoisotopic (exact) mass is 222 g/mol. The summed E-state index contributed by atoms with van der Waals surface area (Å²) < 4.78 is 5.11. The fourth-order valence-electron chi connectivity index (χ4n) is 1.49. The van der Waals surface area contributed by atoms with Crippen LogP contribution in [-0.2, 0) is 0 Å². The Hall–Kier alpha value is -1.13. The van der Waals surface area contributed by atoms with Crippen LogP contribution in [0.5, 0.6) is 0 Å². The highest BCUT2D eigenvalue weighted by Crippen LogP contribution is 2.22. The Morgan fingerprint density at radius 1 is 1.60 bits per heavy atom. The molecule has 0 bridgehead atoms. The number of rotatable bonds is 5. The second kappa shape index (κ2) is 5.09. The SMILES string of the molecule is CCCNC(c1ccoc1)c1cscn1. The summed E-state index contributed by atoms with van der Waals surface area (Å²) in [5.41, 5.74) is 4.06. The molecule has 2 aromatic heterocycles. The molecule has 15 heavy (non-hydrogen) atoms. The molecular formula is C11H14N2OS. The van der Waals surface area contributed by atoms with Crippen molar-refractivity contribution >= 4 is 11.3 Å². The van der Waals surface area contributed by atoms with E-state index in [1.54, 1.807) is 23.9 Å². The van der Waals surface area contributed by atoms with Crippen LogP contribution in [0, 0.1) is 0 Å². The fourth-order valence-corrected chi connectivity index (χ4v) is 2.07. The van der Waals surface area contributed by atoms with Crippen LogP contribution in [0.3, 0.4) is 0 Å². The highest BCUT2D eigenvalue weighted by molar-refractivity contribution is 7.07. The zero-order valence-electron chi connectivity index (χ0n) is 8.64. The van der Waals surface area contributed by atoms with Gasteiger partial charge in [0.1, 0.15) is 0 Å². The lowest BCUT2D eigenvalue weighted by molar-refractivity contribution is 0.545. The molecule has 0 fully saturated rings. The van der Waals surface area contributed by atoms with Crippen molar-refractivity contribution in [3.05, 3.63) is 40.7 Å². The molecule has 80 valence electrons. The lowest BCUT2D eigenvalue weighted by Crippen LogP contribution is -2.22. The maximum atomic E-state index is 5.11. The highest BCUT2D eigenvalue weighted by atomic mass is 32.1. The Morgan fingerprint density at radius 3 is 3.13 bits per heavy atom. The summed E-state index contributed by atoms with van der Waals surface area (Å²) in [6.45, 7) is 3.13. The topological polar surface area (TPSA) is 38.1 Å². The van der Waals surface area contributed by atoms with Crippen LogP contribution in [0.2, 0.25) is 0 Å². The Bertz CT molecular complexity index is 335. The Labute approximate surface area is 93.2 Å². The van der Waals surface area contributed by atoms with Gasteiger partial charge < -0.3 is 9.73 Å². The van der Waals surface area contributed by atoms with Crippen LogP contribution in [0.1, 0.15) is 30.6 Å². The summed E-state index contributed by atoms with van der Waals surface area (Å²) in [6, 6.07) is 2.14. The molecule has 0 saturated carbocycles. The van der Waals surface area contributed by atoms with Crippen molar-refractivity contribution in [2.75, 3.05) is 6.54 Å². The number of thiazole rings is 1. The molecule has 2 rings (SSSR count). The molecular weight excluding hydrogens is 208 g/mol. The fraction of sp³-hybridized carbons (Fsp3) is 0.364. The normalized spacial score (nSPS) is 12.9. The molecule has 0 amide bonds. The summed E-state index contributed by atoms with van der Waals surface area (Å²) in [6.07, 6.45) is 4.58. The number of hydrogen-bond donors (Lipinski definition) is 1. The van der Waals surface area contributed by atoms with Crippen LogP contribution in [0.4, 0.5) is 0 Å². The van der Waals surface area contributed by atoms with Crippen LogP contribution in [-0.4, -0.2) is 11.5 Å². The van der Waals surface area contributed by atoms with E-state index in [0.717, 1.165) is 24.2 Å². The minimum absolute atomic E-state index is 0.162. The molecule has 0 aromatic carbocycles. The van der Waals surface area contributed by atoms with Crippen LogP contribution < -0.4 is 5.32 Å². The molecule has 2 heterocycles. The predicted molar refractivity (Wildman–Crippen MR) is 61.0 cm³/mol. The Balaban J connectivity index is 2.17. The van der Waals surface area contributed by atoms with Crippen molar-refractivity contribution in [1.82, 2.24) is 10.3 Å². The van der Waals surface area contributed by atoms with Gasteiger partial charge in [-0.15, -0.1) is 11.3 Å². The van der Waals surface area contributed by atoms with Crippen molar-refractivity contribution in [3.8, 4) is 0 Å². The van der Waals surface area contributed by atoms with Gasteiger partial charge in [-0.05, 0) is 19.0 Å². The second-order valence-corrected chi connectivity index (χ2v) is 4.08. The van der Waals surface area contributed by atoms with Gasteiger partial charge in [0.15, 0.2) is 0 Å². The molecule has 3 nitrogen and oxygen atoms in total. The van der Waals surface area contributed by atoms with Gasteiger partial charge in [0.2, 0.25) is 0 Å². The number of aromatic nitrogens is 1. The van der Waals surface area contributed by atoms with Crippen molar-refractivity contribution in [2.45, 2.75) is 19.4 Å². The average Bonchev–Trinajstić information content (AvgIpc) is 2.90. The molecule has 4 heteroatoms. The molecule has 0 aliphatic heterocycles. The van der Waals surface area contributed by atoms with E-state index in [2.05, 4.69) is 22.6 Å². The highest BCUT2D eigenvalue weighted by Gasteiger charge is 2.15. The van der Waals surface area contributed by atoms with Gasteiger partial charge in [0.05, 0.1) is 29.8 Å². The number of nitrogens with one attached hydrogen (secondary N) is 1. The van der Waals surface area contributed by atoms with E-state index in [1.165, 1.54) is 0 Å². The van der Waals surface area contributed by atoms with E-state index < -0.39 is 0 Å². The molecule has 0 spiro atoms. The molecule has 2 aromatic rings. The zero-order chi connectivity index (χ0) is 10.5. The molecule has 1 N–H and O–H groups in total. The van der Waals surface area contributed by atoms with Crippen molar-refractivity contribution in [3.63, 3.8) is 0 Å². The Morgan fingerprint density at radius 2 is 2.53 bits per heavy atom. The first-order valence-electron chi connectivity index (χ1n) is 5.05. The van der Waals surface area contributed by atoms with E-state index in [-0.39, 0.29) is 6.04 Å². The minimum Gasteiger partial charge on any atom is -0.472 e. The summed E-state index contributed by atoms with van der Waals surface area (Å²) in [7, 11) is 0. The van der Waals surface area contributed by atoms with Crippen molar-refractivity contribution < 1.29 is 4.42 Å². The third-order valence-corrected chi connectivity index (χ3v) is 2.83. The van der Waals surface area contributed by atoms with Gasteiger partial charge in [-0.25, -0.2) is 4.98 Å². The lowest BCUT2D eigenvalue weighted by atomic mass is 10.1. The summed E-state index contributed by atoms with van der Waals surface area (Å²) in [4.78, 5) is 4.34. The molecule has 0 aliphatic rings. The minimum atomic E-state index is 0.162. The second-order valence-electron chi connectivity index (χ2n) is 3.36. The summed E-state index contributed by atoms with van der Waals surface area (Å²) in [5.74, 6) is 0. The molecule has 0 aliphatic carbocycles. The summed E-state index contributed by atoms with van der Waals surface area (Å²) in [5, 5.41) is 5.53. The van der Waals surface area contributed by atoms with Crippen LogP contribution in [0.25, 0.3) is 0 Å². The smallest absolute Gasteiger partial charge is 0.0954 e. The number of furan rings is 1. The molecule has 0 radical (unpaired) electrons. The van der Waals surface area contributed by atoms with E-state index >= 15 is 0 Å².